The maximum Gasteiger partial charge on any atom is 1.00 e. The molecule has 3 aliphatic heterocycles. The fourth-order valence-electron chi connectivity index (χ4n) is 3.66. The number of aromatic hydroxyl groups is 2. The molecule has 0 radical (unpaired) electrons. The van der Waals surface area contributed by atoms with Crippen LogP contribution in [0.15, 0.2) is 97.1 Å². The van der Waals surface area contributed by atoms with Crippen molar-refractivity contribution in [3.8, 4) is 45.3 Å². The van der Waals surface area contributed by atoms with E-state index >= 15 is 0 Å². The van der Waals surface area contributed by atoms with Gasteiger partial charge in [-0.2, -0.15) is 0 Å². The maximum absolute atomic E-state index is 9.11. The molecule has 224 valence electrons. The van der Waals surface area contributed by atoms with Gasteiger partial charge in [0.1, 0.15) is 48.4 Å². The first-order valence-electron chi connectivity index (χ1n) is 13.5. The first kappa shape index (κ1) is 34.7. The molecule has 3 saturated heterocycles. The van der Waals surface area contributed by atoms with Gasteiger partial charge in [0.05, 0.1) is 31.8 Å². The van der Waals surface area contributed by atoms with Crippen LogP contribution < -0.4 is 39.0 Å². The molecule has 0 saturated carbocycles. The topological polar surface area (TPSA) is 96.5 Å². The summed E-state index contributed by atoms with van der Waals surface area (Å²) in [5.74, 6) is 2.94. The summed E-state index contributed by atoms with van der Waals surface area (Å²) in [6.07, 6.45) is 0.971. The number of hydrogen-bond acceptors (Lipinski definition) is 7. The van der Waals surface area contributed by atoms with Gasteiger partial charge >= 0.3 is 29.6 Å². The van der Waals surface area contributed by atoms with Gasteiger partial charge in [-0.15, -0.1) is 11.6 Å². The molecule has 3 fully saturated rings. The molecule has 2 N–H and O–H groups in total. The van der Waals surface area contributed by atoms with E-state index in [0.29, 0.717) is 25.2 Å². The van der Waals surface area contributed by atoms with E-state index in [2.05, 4.69) is 24.3 Å². The van der Waals surface area contributed by atoms with Crippen LogP contribution in [0.2, 0.25) is 0 Å². The zero-order valence-corrected chi connectivity index (χ0v) is 26.3. The van der Waals surface area contributed by atoms with Gasteiger partial charge in [-0.3, -0.25) is 0 Å². The second-order valence-electron chi connectivity index (χ2n) is 9.78. The summed E-state index contributed by atoms with van der Waals surface area (Å²) in [5.41, 5.74) is 4.35. The van der Waals surface area contributed by atoms with E-state index in [1.165, 1.54) is 0 Å². The molecule has 7 nitrogen and oxygen atoms in total. The van der Waals surface area contributed by atoms with Crippen molar-refractivity contribution in [2.75, 3.05) is 38.9 Å². The Morgan fingerprint density at radius 3 is 1.07 bits per heavy atom. The van der Waals surface area contributed by atoms with Gasteiger partial charge in [0.15, 0.2) is 0 Å². The molecule has 3 atom stereocenters. The first-order chi connectivity index (χ1) is 20.1. The number of rotatable bonds is 9. The number of benzene rings is 4. The van der Waals surface area contributed by atoms with Crippen molar-refractivity contribution in [1.82, 2.24) is 0 Å². The maximum atomic E-state index is 9.11. The van der Waals surface area contributed by atoms with Gasteiger partial charge < -0.3 is 35.3 Å². The van der Waals surface area contributed by atoms with E-state index in [0.717, 1.165) is 53.6 Å². The van der Waals surface area contributed by atoms with Gasteiger partial charge in [0.2, 0.25) is 0 Å². The van der Waals surface area contributed by atoms with Gasteiger partial charge in [-0.1, -0.05) is 56.0 Å². The third kappa shape index (κ3) is 12.4. The van der Waals surface area contributed by atoms with Crippen LogP contribution >= 0.6 is 11.6 Å². The summed E-state index contributed by atoms with van der Waals surface area (Å²) in [5, 5.41) is 18.2. The number of epoxide rings is 3. The summed E-state index contributed by atoms with van der Waals surface area (Å²) >= 11 is 5.27. The largest absolute Gasteiger partial charge is 1.00 e. The SMILES string of the molecule is C.ClCC1CO1.Oc1ccc(-c2ccc(O)cc2)cc1.[H-].[Na+].c1cc(-c2ccc(OCC3CO3)cc2)ccc1OCC1CO1. The van der Waals surface area contributed by atoms with E-state index in [9.17, 15) is 0 Å². The standard InChI is InChI=1S/C18H18O4.C12H10O2.C3H5ClO.CH4.Na.H/c1-5-15(19-9-17-11-21-17)6-2-13(1)14-3-7-16(8-4-14)20-10-18-12-22-18;13-11-5-1-9(2-6-11)10-3-7-12(14)8-4-10;4-1-3-2-5-3;;;/h1-8,17-18H,9-12H2;1-8,13-14H;3H,1-2H2;1H4;;/q;;;;+1;-1. The van der Waals surface area contributed by atoms with Crippen molar-refractivity contribution >= 4 is 11.6 Å². The summed E-state index contributed by atoms with van der Waals surface area (Å²) in [4.78, 5) is 0. The molecular formula is C34H38ClNaO7. The van der Waals surface area contributed by atoms with Crippen LogP contribution in [0.4, 0.5) is 0 Å². The molecule has 0 amide bonds. The Morgan fingerprint density at radius 2 is 0.837 bits per heavy atom. The normalized spacial score (nSPS) is 18.6. The van der Waals surface area contributed by atoms with Gasteiger partial charge in [0, 0.05) is 0 Å². The van der Waals surface area contributed by atoms with Crippen molar-refractivity contribution in [2.45, 2.75) is 25.7 Å². The average Bonchev–Trinajstić information content (AvgIpc) is 3.86. The van der Waals surface area contributed by atoms with Crippen LogP contribution in [0, 0.1) is 0 Å². The second kappa shape index (κ2) is 17.5. The average molecular weight is 617 g/mol. The monoisotopic (exact) mass is 616 g/mol. The Balaban J connectivity index is 0.000000265. The first-order valence-corrected chi connectivity index (χ1v) is 14.0. The fourth-order valence-corrected chi connectivity index (χ4v) is 3.84. The predicted molar refractivity (Wildman–Crippen MR) is 166 cm³/mol. The molecule has 7 rings (SSSR count). The van der Waals surface area contributed by atoms with Crippen LogP contribution in [0.3, 0.4) is 0 Å². The number of halogens is 1. The Bertz CT molecular complexity index is 1240. The Labute approximate surface area is 282 Å². The molecule has 3 heterocycles. The van der Waals surface area contributed by atoms with E-state index < -0.39 is 0 Å². The number of hydrogen-bond donors (Lipinski definition) is 2. The Kier molecular flexibility index (Phi) is 14.2. The second-order valence-corrected chi connectivity index (χ2v) is 10.1. The predicted octanol–water partition coefficient (Wildman–Crippen LogP) is 4.05. The van der Waals surface area contributed by atoms with E-state index in [4.69, 9.17) is 45.5 Å². The molecule has 0 aliphatic carbocycles. The molecule has 3 unspecified atom stereocenters. The molecule has 0 spiro atoms. The number of ether oxygens (including phenoxy) is 5. The van der Waals surface area contributed by atoms with Crippen molar-refractivity contribution < 1.29 is 64.9 Å². The van der Waals surface area contributed by atoms with E-state index in [1.54, 1.807) is 24.3 Å². The van der Waals surface area contributed by atoms with Crippen molar-refractivity contribution in [3.05, 3.63) is 97.1 Å². The van der Waals surface area contributed by atoms with E-state index in [-0.39, 0.29) is 62.1 Å². The van der Waals surface area contributed by atoms with E-state index in [1.807, 2.05) is 48.5 Å². The molecular weight excluding hydrogens is 579 g/mol. The van der Waals surface area contributed by atoms with Crippen LogP contribution in [0.1, 0.15) is 8.85 Å². The van der Waals surface area contributed by atoms with Crippen molar-refractivity contribution in [1.29, 1.82) is 0 Å². The zero-order chi connectivity index (χ0) is 28.4. The summed E-state index contributed by atoms with van der Waals surface area (Å²) in [7, 11) is 0. The van der Waals surface area contributed by atoms with Crippen LogP contribution in [-0.4, -0.2) is 67.4 Å². The molecule has 4 aromatic carbocycles. The van der Waals surface area contributed by atoms with Crippen molar-refractivity contribution in [2.24, 2.45) is 0 Å². The number of phenolic OH excluding ortho intramolecular Hbond substituents is 2. The smallest absolute Gasteiger partial charge is 1.00 e. The van der Waals surface area contributed by atoms with Gasteiger partial charge in [0.25, 0.3) is 0 Å². The minimum Gasteiger partial charge on any atom is -1.00 e. The number of alkyl halides is 1. The van der Waals surface area contributed by atoms with Gasteiger partial charge in [-0.05, 0) is 70.8 Å². The molecule has 9 heteroatoms. The zero-order valence-electron chi connectivity index (χ0n) is 24.5. The minimum absolute atomic E-state index is 0. The molecule has 3 aliphatic rings. The van der Waals surface area contributed by atoms with Crippen LogP contribution in [0.5, 0.6) is 23.0 Å². The van der Waals surface area contributed by atoms with Gasteiger partial charge in [-0.25, -0.2) is 0 Å². The minimum atomic E-state index is 0. The third-order valence-corrected chi connectivity index (χ3v) is 6.71. The summed E-state index contributed by atoms with van der Waals surface area (Å²) < 4.78 is 26.3. The Morgan fingerprint density at radius 1 is 0.558 bits per heavy atom. The van der Waals surface area contributed by atoms with Crippen LogP contribution in [0.25, 0.3) is 22.3 Å². The molecule has 0 aromatic heterocycles. The Hall–Kier alpha value is -2.75. The summed E-state index contributed by atoms with van der Waals surface area (Å²) in [6.45, 7) is 3.79. The molecule has 0 bridgehead atoms. The third-order valence-electron chi connectivity index (χ3n) is 6.36. The molecule has 4 aromatic rings. The summed E-state index contributed by atoms with van der Waals surface area (Å²) in [6, 6.07) is 30.1. The molecule has 43 heavy (non-hydrogen) atoms. The fraction of sp³-hybridized carbons (Fsp3) is 0.294. The number of phenols is 2. The van der Waals surface area contributed by atoms with Crippen LogP contribution in [-0.2, 0) is 14.2 Å². The quantitative estimate of drug-likeness (QED) is 0.166. The van der Waals surface area contributed by atoms with Crippen molar-refractivity contribution in [3.63, 3.8) is 0 Å².